The van der Waals surface area contributed by atoms with Crippen molar-refractivity contribution in [2.24, 2.45) is 10.9 Å². The number of nitrogens with zero attached hydrogens (tertiary/aromatic N) is 2. The largest absolute Gasteiger partial charge is 0.435 e. The first-order chi connectivity index (χ1) is 10.4. The third-order valence-electron chi connectivity index (χ3n) is 2.87. The lowest BCUT2D eigenvalue weighted by Gasteiger charge is -2.22. The summed E-state index contributed by atoms with van der Waals surface area (Å²) in [6, 6.07) is 6.65. The van der Waals surface area contributed by atoms with Gasteiger partial charge in [-0.25, -0.2) is 0 Å². The van der Waals surface area contributed by atoms with Gasteiger partial charge >= 0.3 is 6.61 Å². The van der Waals surface area contributed by atoms with Gasteiger partial charge in [0.2, 0.25) is 0 Å². The molecule has 0 spiro atoms. The van der Waals surface area contributed by atoms with Crippen LogP contribution in [0.4, 0.5) is 8.78 Å². The van der Waals surface area contributed by atoms with Crippen LogP contribution in [-0.4, -0.2) is 37.6 Å². The maximum atomic E-state index is 12.1. The molecule has 124 valence electrons. The van der Waals surface area contributed by atoms with Gasteiger partial charge in [-0.15, -0.1) is 0 Å². The molecule has 0 radical (unpaired) electrons. The highest BCUT2D eigenvalue weighted by molar-refractivity contribution is 5.79. The molecular weight excluding hydrogens is 288 g/mol. The summed E-state index contributed by atoms with van der Waals surface area (Å²) >= 11 is 0. The summed E-state index contributed by atoms with van der Waals surface area (Å²) in [4.78, 5) is 6.58. The highest BCUT2D eigenvalue weighted by Gasteiger charge is 2.08. The van der Waals surface area contributed by atoms with Crippen molar-refractivity contribution in [1.29, 1.82) is 0 Å². The Morgan fingerprint density at radius 2 is 1.91 bits per heavy atom. The third kappa shape index (κ3) is 6.74. The van der Waals surface area contributed by atoms with Crippen LogP contribution in [0.2, 0.25) is 0 Å². The molecule has 0 aliphatic heterocycles. The van der Waals surface area contributed by atoms with Gasteiger partial charge < -0.3 is 15.0 Å². The van der Waals surface area contributed by atoms with Crippen LogP contribution in [0.5, 0.6) is 5.75 Å². The average Bonchev–Trinajstić information content (AvgIpc) is 2.44. The van der Waals surface area contributed by atoms with Crippen LogP contribution in [0, 0.1) is 5.92 Å². The zero-order chi connectivity index (χ0) is 16.5. The quantitative estimate of drug-likeness (QED) is 0.619. The van der Waals surface area contributed by atoms with Gasteiger partial charge in [-0.2, -0.15) is 8.78 Å². The fourth-order valence-electron chi connectivity index (χ4n) is 1.86. The van der Waals surface area contributed by atoms with E-state index in [0.717, 1.165) is 24.6 Å². The average molecular weight is 313 g/mol. The smallest absolute Gasteiger partial charge is 0.387 e. The predicted molar refractivity (Wildman–Crippen MR) is 85.4 cm³/mol. The molecule has 6 heteroatoms. The second-order valence-electron chi connectivity index (χ2n) is 5.47. The number of hydrogen-bond donors (Lipinski definition) is 1. The van der Waals surface area contributed by atoms with Gasteiger partial charge in [0.25, 0.3) is 0 Å². The molecule has 0 unspecified atom stereocenters. The van der Waals surface area contributed by atoms with Gasteiger partial charge in [0, 0.05) is 26.7 Å². The number of ether oxygens (including phenoxy) is 1. The molecule has 0 aliphatic rings. The molecule has 0 saturated carbocycles. The fourth-order valence-corrected chi connectivity index (χ4v) is 1.86. The lowest BCUT2D eigenvalue weighted by molar-refractivity contribution is -0.0498. The lowest BCUT2D eigenvalue weighted by Crippen LogP contribution is -2.38. The summed E-state index contributed by atoms with van der Waals surface area (Å²) in [7, 11) is 1.95. The molecule has 1 rings (SSSR count). The standard InChI is InChI=1S/C16H25F2N3O/c1-5-19-16(20-10-12(2)3)21(4)11-13-6-8-14(9-7-13)22-15(17)18/h6-9,12,15H,5,10-11H2,1-4H3,(H,19,20). The first kappa shape index (κ1) is 18.2. The Hall–Kier alpha value is -1.85. The Balaban J connectivity index is 2.68. The second kappa shape index (κ2) is 9.23. The third-order valence-corrected chi connectivity index (χ3v) is 2.87. The van der Waals surface area contributed by atoms with Gasteiger partial charge in [-0.05, 0) is 30.5 Å². The van der Waals surface area contributed by atoms with Gasteiger partial charge in [-0.1, -0.05) is 26.0 Å². The number of guanidine groups is 1. The Labute approximate surface area is 131 Å². The van der Waals surface area contributed by atoms with Crippen molar-refractivity contribution < 1.29 is 13.5 Å². The van der Waals surface area contributed by atoms with E-state index in [1.165, 1.54) is 0 Å². The molecule has 0 atom stereocenters. The Morgan fingerprint density at radius 1 is 1.27 bits per heavy atom. The molecule has 0 aromatic heterocycles. The van der Waals surface area contributed by atoms with E-state index in [0.29, 0.717) is 12.5 Å². The molecule has 0 fully saturated rings. The lowest BCUT2D eigenvalue weighted by atomic mass is 10.2. The van der Waals surface area contributed by atoms with E-state index in [1.807, 2.05) is 18.9 Å². The first-order valence-corrected chi connectivity index (χ1v) is 7.45. The molecule has 0 amide bonds. The van der Waals surface area contributed by atoms with E-state index >= 15 is 0 Å². The van der Waals surface area contributed by atoms with Crippen LogP contribution in [0.1, 0.15) is 26.3 Å². The summed E-state index contributed by atoms with van der Waals surface area (Å²) in [5.41, 5.74) is 0.999. The molecule has 0 aliphatic carbocycles. The Bertz CT molecular complexity index is 461. The van der Waals surface area contributed by atoms with Crippen LogP contribution in [0.25, 0.3) is 0 Å². The van der Waals surface area contributed by atoms with Gasteiger partial charge in [-0.3, -0.25) is 4.99 Å². The van der Waals surface area contributed by atoms with Crippen molar-refractivity contribution in [1.82, 2.24) is 10.2 Å². The minimum atomic E-state index is -2.79. The number of halogens is 2. The van der Waals surface area contributed by atoms with Crippen molar-refractivity contribution >= 4 is 5.96 Å². The van der Waals surface area contributed by atoms with Crippen molar-refractivity contribution in [2.75, 3.05) is 20.1 Å². The van der Waals surface area contributed by atoms with Crippen LogP contribution >= 0.6 is 0 Å². The van der Waals surface area contributed by atoms with Crippen molar-refractivity contribution in [2.45, 2.75) is 33.9 Å². The van der Waals surface area contributed by atoms with Gasteiger partial charge in [0.15, 0.2) is 5.96 Å². The molecule has 0 saturated heterocycles. The highest BCUT2D eigenvalue weighted by Crippen LogP contribution is 2.15. The second-order valence-corrected chi connectivity index (χ2v) is 5.47. The van der Waals surface area contributed by atoms with Crippen LogP contribution < -0.4 is 10.1 Å². The Morgan fingerprint density at radius 3 is 2.41 bits per heavy atom. The van der Waals surface area contributed by atoms with Crippen LogP contribution in [0.15, 0.2) is 29.3 Å². The maximum absolute atomic E-state index is 12.1. The number of hydrogen-bond acceptors (Lipinski definition) is 2. The number of benzene rings is 1. The molecule has 22 heavy (non-hydrogen) atoms. The zero-order valence-electron chi connectivity index (χ0n) is 13.6. The summed E-state index contributed by atoms with van der Waals surface area (Å²) in [5.74, 6) is 1.50. The van der Waals surface area contributed by atoms with E-state index in [9.17, 15) is 8.78 Å². The van der Waals surface area contributed by atoms with E-state index in [4.69, 9.17) is 0 Å². The molecule has 1 aromatic rings. The van der Waals surface area contributed by atoms with Crippen LogP contribution in [-0.2, 0) is 6.54 Å². The summed E-state index contributed by atoms with van der Waals surface area (Å²) < 4.78 is 28.6. The number of nitrogens with one attached hydrogen (secondary N) is 1. The maximum Gasteiger partial charge on any atom is 0.387 e. The predicted octanol–water partition coefficient (Wildman–Crippen LogP) is 3.34. The number of alkyl halides is 2. The monoisotopic (exact) mass is 313 g/mol. The summed E-state index contributed by atoms with van der Waals surface area (Å²) in [6.07, 6.45) is 0. The minimum Gasteiger partial charge on any atom is -0.435 e. The number of aliphatic imine (C=N–C) groups is 1. The van der Waals surface area contributed by atoms with E-state index in [-0.39, 0.29) is 5.75 Å². The van der Waals surface area contributed by atoms with Gasteiger partial charge in [0.05, 0.1) is 0 Å². The molecule has 0 bridgehead atoms. The summed E-state index contributed by atoms with van der Waals surface area (Å²) in [5, 5.41) is 3.25. The molecular formula is C16H25F2N3O. The molecule has 0 heterocycles. The van der Waals surface area contributed by atoms with Crippen molar-refractivity contribution in [3.05, 3.63) is 29.8 Å². The first-order valence-electron chi connectivity index (χ1n) is 7.45. The SMILES string of the molecule is CCNC(=NCC(C)C)N(C)Cc1ccc(OC(F)F)cc1. The van der Waals surface area contributed by atoms with Crippen molar-refractivity contribution in [3.63, 3.8) is 0 Å². The minimum absolute atomic E-state index is 0.168. The Kier molecular flexibility index (Phi) is 7.63. The van der Waals surface area contributed by atoms with Crippen LogP contribution in [0.3, 0.4) is 0 Å². The highest BCUT2D eigenvalue weighted by atomic mass is 19.3. The molecule has 1 aromatic carbocycles. The van der Waals surface area contributed by atoms with E-state index in [2.05, 4.69) is 28.9 Å². The van der Waals surface area contributed by atoms with Gasteiger partial charge in [0.1, 0.15) is 5.75 Å². The fraction of sp³-hybridized carbons (Fsp3) is 0.562. The zero-order valence-corrected chi connectivity index (χ0v) is 13.6. The molecule has 1 N–H and O–H groups in total. The topological polar surface area (TPSA) is 36.9 Å². The van der Waals surface area contributed by atoms with E-state index < -0.39 is 6.61 Å². The molecule has 4 nitrogen and oxygen atoms in total. The van der Waals surface area contributed by atoms with Crippen molar-refractivity contribution in [3.8, 4) is 5.75 Å². The normalized spacial score (nSPS) is 11.9. The number of rotatable bonds is 7. The van der Waals surface area contributed by atoms with E-state index in [1.54, 1.807) is 24.3 Å². The summed E-state index contributed by atoms with van der Waals surface area (Å²) in [6.45, 7) is 5.66.